The summed E-state index contributed by atoms with van der Waals surface area (Å²) in [6, 6.07) is 4.98. The van der Waals surface area contributed by atoms with Gasteiger partial charge >= 0.3 is 5.97 Å². The molecule has 0 aliphatic carbocycles. The summed E-state index contributed by atoms with van der Waals surface area (Å²) >= 11 is 0.961. The highest BCUT2D eigenvalue weighted by Crippen LogP contribution is 2.28. The molecule has 1 atom stereocenters. The van der Waals surface area contributed by atoms with Gasteiger partial charge in [-0.1, -0.05) is 23.9 Å². The van der Waals surface area contributed by atoms with E-state index in [1.54, 1.807) is 18.3 Å². The second kappa shape index (κ2) is 4.68. The maximum atomic E-state index is 11.6. The molecule has 3 N–H and O–H groups in total. The van der Waals surface area contributed by atoms with Crippen molar-refractivity contribution in [3.05, 3.63) is 35.5 Å². The van der Waals surface area contributed by atoms with E-state index in [9.17, 15) is 14.4 Å². The molecule has 1 aliphatic rings. The molecule has 1 aromatic heterocycles. The van der Waals surface area contributed by atoms with Gasteiger partial charge in [0.05, 0.1) is 16.3 Å². The van der Waals surface area contributed by atoms with Gasteiger partial charge < -0.3 is 10.1 Å². The average molecular weight is 290 g/mol. The predicted octanol–water partition coefficient (Wildman–Crippen LogP) is 1.76. The number of amides is 2. The Hall–Kier alpha value is -2.28. The van der Waals surface area contributed by atoms with Crippen LogP contribution in [0.1, 0.15) is 15.9 Å². The van der Waals surface area contributed by atoms with Gasteiger partial charge in [0.15, 0.2) is 0 Å². The zero-order valence-electron chi connectivity index (χ0n) is 10.2. The third kappa shape index (κ3) is 2.05. The van der Waals surface area contributed by atoms with Gasteiger partial charge in [0, 0.05) is 11.6 Å². The summed E-state index contributed by atoms with van der Waals surface area (Å²) in [5.74, 6) is -1.31. The van der Waals surface area contributed by atoms with Crippen molar-refractivity contribution in [3.8, 4) is 0 Å². The van der Waals surface area contributed by atoms with E-state index in [0.29, 0.717) is 11.9 Å². The lowest BCUT2D eigenvalue weighted by molar-refractivity contribution is -0.118. The van der Waals surface area contributed by atoms with Crippen LogP contribution in [0.3, 0.4) is 0 Å². The summed E-state index contributed by atoms with van der Waals surface area (Å²) in [6.45, 7) is 0. The number of aromatic amines is 1. The Bertz CT molecular complexity index is 737. The number of rotatable bonds is 3. The Morgan fingerprint density at radius 1 is 1.35 bits per heavy atom. The van der Waals surface area contributed by atoms with Gasteiger partial charge in [-0.25, -0.2) is 4.79 Å². The largest absolute Gasteiger partial charge is 0.478 e. The van der Waals surface area contributed by atoms with Crippen molar-refractivity contribution in [2.24, 2.45) is 0 Å². The lowest BCUT2D eigenvalue weighted by Gasteiger charge is -2.04. The summed E-state index contributed by atoms with van der Waals surface area (Å²) in [7, 11) is 0. The van der Waals surface area contributed by atoms with Gasteiger partial charge in [0.25, 0.3) is 5.24 Å². The van der Waals surface area contributed by atoms with Crippen LogP contribution in [0.2, 0.25) is 0 Å². The quantitative estimate of drug-likeness (QED) is 0.800. The zero-order valence-corrected chi connectivity index (χ0v) is 11.0. The Morgan fingerprint density at radius 3 is 2.80 bits per heavy atom. The molecule has 0 spiro atoms. The summed E-state index contributed by atoms with van der Waals surface area (Å²) in [5, 5.41) is 11.3. The van der Waals surface area contributed by atoms with E-state index in [1.165, 1.54) is 6.07 Å². The third-order valence-corrected chi connectivity index (χ3v) is 4.19. The van der Waals surface area contributed by atoms with E-state index >= 15 is 0 Å². The second-order valence-electron chi connectivity index (χ2n) is 4.43. The molecule has 1 aromatic carbocycles. The number of hydrogen-bond donors (Lipinski definition) is 3. The van der Waals surface area contributed by atoms with Crippen LogP contribution in [-0.2, 0) is 11.2 Å². The molecule has 7 heteroatoms. The number of aromatic carboxylic acids is 1. The molecular formula is C13H10N2O4S. The minimum Gasteiger partial charge on any atom is -0.478 e. The first-order chi connectivity index (χ1) is 9.56. The summed E-state index contributed by atoms with van der Waals surface area (Å²) in [6.07, 6.45) is 2.07. The van der Waals surface area contributed by atoms with Crippen LogP contribution in [0, 0.1) is 0 Å². The van der Waals surface area contributed by atoms with Gasteiger partial charge in [0.2, 0.25) is 5.91 Å². The Balaban J connectivity index is 1.97. The first-order valence-corrected chi connectivity index (χ1v) is 6.78. The van der Waals surface area contributed by atoms with Crippen molar-refractivity contribution in [2.45, 2.75) is 11.7 Å². The molecular weight excluding hydrogens is 280 g/mol. The molecule has 2 aromatic rings. The molecule has 6 nitrogen and oxygen atoms in total. The average Bonchev–Trinajstić information content (AvgIpc) is 2.94. The number of H-pyrrole nitrogens is 1. The number of hydrogen-bond acceptors (Lipinski definition) is 4. The molecule has 0 bridgehead atoms. The highest BCUT2D eigenvalue weighted by Gasteiger charge is 2.32. The maximum Gasteiger partial charge on any atom is 0.337 e. The summed E-state index contributed by atoms with van der Waals surface area (Å²) in [4.78, 5) is 36.8. The van der Waals surface area contributed by atoms with Crippen LogP contribution in [0.15, 0.2) is 24.4 Å². The number of nitrogens with one attached hydrogen (secondary N) is 2. The highest BCUT2D eigenvalue weighted by atomic mass is 32.2. The molecule has 20 heavy (non-hydrogen) atoms. The standard InChI is InChI=1S/C13H10N2O4S/c16-11-9(20-13(19)15-11)4-6-5-14-10-7(6)2-1-3-8(10)12(17)18/h1-3,5,9,14H,4H2,(H,17,18)(H,15,16,19). The zero-order chi connectivity index (χ0) is 14.3. The van der Waals surface area contributed by atoms with Crippen molar-refractivity contribution in [1.82, 2.24) is 10.3 Å². The van der Waals surface area contributed by atoms with Crippen molar-refractivity contribution in [2.75, 3.05) is 0 Å². The smallest absolute Gasteiger partial charge is 0.337 e. The normalized spacial score (nSPS) is 18.5. The number of fused-ring (bicyclic) bond motifs is 1. The molecule has 1 aliphatic heterocycles. The first-order valence-electron chi connectivity index (χ1n) is 5.90. The number of aromatic nitrogens is 1. The lowest BCUT2D eigenvalue weighted by atomic mass is 10.1. The van der Waals surface area contributed by atoms with E-state index in [0.717, 1.165) is 22.7 Å². The number of carbonyl (C=O) groups excluding carboxylic acids is 2. The van der Waals surface area contributed by atoms with Crippen LogP contribution in [0.5, 0.6) is 0 Å². The molecule has 1 saturated heterocycles. The maximum absolute atomic E-state index is 11.6. The van der Waals surface area contributed by atoms with Crippen LogP contribution in [0.4, 0.5) is 4.79 Å². The number of thioether (sulfide) groups is 1. The lowest BCUT2D eigenvalue weighted by Crippen LogP contribution is -2.25. The van der Waals surface area contributed by atoms with Gasteiger partial charge in [0.1, 0.15) is 0 Å². The number of carboxylic acids is 1. The van der Waals surface area contributed by atoms with Crippen molar-refractivity contribution < 1.29 is 19.5 Å². The van der Waals surface area contributed by atoms with Crippen LogP contribution in [0.25, 0.3) is 10.9 Å². The summed E-state index contributed by atoms with van der Waals surface area (Å²) < 4.78 is 0. The Kier molecular flexibility index (Phi) is 2.98. The van der Waals surface area contributed by atoms with Gasteiger partial charge in [-0.2, -0.15) is 0 Å². The first kappa shape index (κ1) is 12.7. The van der Waals surface area contributed by atoms with Gasteiger partial charge in [-0.05, 0) is 18.1 Å². The molecule has 2 heterocycles. The predicted molar refractivity (Wildman–Crippen MR) is 73.9 cm³/mol. The van der Waals surface area contributed by atoms with Crippen molar-refractivity contribution >= 4 is 39.8 Å². The number of para-hydroxylation sites is 1. The fourth-order valence-electron chi connectivity index (χ4n) is 2.29. The van der Waals surface area contributed by atoms with E-state index in [4.69, 9.17) is 5.11 Å². The molecule has 0 radical (unpaired) electrons. The number of benzene rings is 1. The van der Waals surface area contributed by atoms with Gasteiger partial charge in [-0.3, -0.25) is 14.9 Å². The molecule has 0 saturated carbocycles. The van der Waals surface area contributed by atoms with E-state index in [-0.39, 0.29) is 16.7 Å². The molecule has 102 valence electrons. The Morgan fingerprint density at radius 2 is 2.15 bits per heavy atom. The van der Waals surface area contributed by atoms with E-state index in [1.807, 2.05) is 0 Å². The molecule has 1 unspecified atom stereocenters. The van der Waals surface area contributed by atoms with Crippen molar-refractivity contribution in [3.63, 3.8) is 0 Å². The summed E-state index contributed by atoms with van der Waals surface area (Å²) in [5.41, 5.74) is 1.54. The fourth-order valence-corrected chi connectivity index (χ4v) is 3.13. The van der Waals surface area contributed by atoms with Crippen LogP contribution in [-0.4, -0.2) is 32.5 Å². The SMILES string of the molecule is O=C1NC(=O)C(Cc2c[nH]c3c(C(=O)O)cccc23)S1. The number of imide groups is 1. The number of carboxylic acid groups (broad SMARTS) is 1. The van der Waals surface area contributed by atoms with Crippen molar-refractivity contribution in [1.29, 1.82) is 0 Å². The monoisotopic (exact) mass is 290 g/mol. The highest BCUT2D eigenvalue weighted by molar-refractivity contribution is 8.15. The minimum atomic E-state index is -1.01. The topological polar surface area (TPSA) is 99.3 Å². The second-order valence-corrected chi connectivity index (χ2v) is 5.61. The van der Waals surface area contributed by atoms with E-state index in [2.05, 4.69) is 10.3 Å². The van der Waals surface area contributed by atoms with E-state index < -0.39 is 11.2 Å². The van der Waals surface area contributed by atoms with Gasteiger partial charge in [-0.15, -0.1) is 0 Å². The Labute approximate surface area is 117 Å². The third-order valence-electron chi connectivity index (χ3n) is 3.20. The van der Waals surface area contributed by atoms with Crippen LogP contribution >= 0.6 is 11.8 Å². The number of carbonyl (C=O) groups is 3. The molecule has 1 fully saturated rings. The molecule has 3 rings (SSSR count). The fraction of sp³-hybridized carbons (Fsp3) is 0.154. The molecule has 2 amide bonds. The minimum absolute atomic E-state index is 0.188. The van der Waals surface area contributed by atoms with Crippen LogP contribution < -0.4 is 5.32 Å².